The Morgan fingerprint density at radius 3 is 2.67 bits per heavy atom. The van der Waals surface area contributed by atoms with Crippen LogP contribution in [0.15, 0.2) is 69.6 Å². The molecule has 3 heterocycles. The van der Waals surface area contributed by atoms with Gasteiger partial charge in [-0.05, 0) is 31.5 Å². The third-order valence-electron chi connectivity index (χ3n) is 5.59. The number of aromatic nitrogens is 1. The number of nitrogens with zero attached hydrogens (tertiary/aromatic N) is 2. The van der Waals surface area contributed by atoms with Crippen LogP contribution in [0.5, 0.6) is 0 Å². The van der Waals surface area contributed by atoms with Crippen molar-refractivity contribution in [2.75, 3.05) is 11.9 Å². The van der Waals surface area contributed by atoms with Crippen molar-refractivity contribution >= 4 is 46.1 Å². The van der Waals surface area contributed by atoms with E-state index in [1.807, 2.05) is 12.1 Å². The standard InChI is InChI=1S/C24H18ClN3O4S/c1-3-32-23(31)17-12(2)26-24-28(19(17)13-8-4-6-10-15(13)25)22(30)20(33-24)18-14-9-5-7-11-16(14)27-21(18)29/h4-11,19H,3H2,1-2H3,(H,27,29)/b20-18+. The predicted octanol–water partition coefficient (Wildman–Crippen LogP) is 2.77. The average Bonchev–Trinajstić information content (AvgIpc) is 3.28. The fourth-order valence-electron chi connectivity index (χ4n) is 4.18. The molecule has 33 heavy (non-hydrogen) atoms. The van der Waals surface area contributed by atoms with Crippen molar-refractivity contribution in [2.45, 2.75) is 19.9 Å². The van der Waals surface area contributed by atoms with E-state index in [-0.39, 0.29) is 22.6 Å². The lowest BCUT2D eigenvalue weighted by molar-refractivity contribution is -0.139. The van der Waals surface area contributed by atoms with Crippen molar-refractivity contribution < 1.29 is 14.3 Å². The summed E-state index contributed by atoms with van der Waals surface area (Å²) in [6.07, 6.45) is 0. The van der Waals surface area contributed by atoms with Crippen molar-refractivity contribution in [1.82, 2.24) is 4.57 Å². The van der Waals surface area contributed by atoms with Crippen LogP contribution >= 0.6 is 22.9 Å². The number of esters is 1. The smallest absolute Gasteiger partial charge is 0.338 e. The Hall–Kier alpha value is -3.49. The van der Waals surface area contributed by atoms with Crippen LogP contribution in [0.2, 0.25) is 5.02 Å². The molecule has 0 bridgehead atoms. The monoisotopic (exact) mass is 479 g/mol. The van der Waals surface area contributed by atoms with Crippen molar-refractivity contribution in [1.29, 1.82) is 0 Å². The molecular formula is C24H18ClN3O4S. The number of ether oxygens (including phenoxy) is 1. The maximum Gasteiger partial charge on any atom is 0.338 e. The summed E-state index contributed by atoms with van der Waals surface area (Å²) in [6.45, 7) is 3.59. The highest BCUT2D eigenvalue weighted by atomic mass is 35.5. The zero-order valence-corrected chi connectivity index (χ0v) is 19.3. The SMILES string of the molecule is CCOC(=O)C1=C(C)N=c2s/c(=C3/C(=O)Nc4ccccc43)c(=O)n2C1c1ccccc1Cl. The number of fused-ring (bicyclic) bond motifs is 2. The molecule has 2 aliphatic heterocycles. The number of carbonyl (C=O) groups excluding carboxylic acids is 2. The molecule has 3 aromatic rings. The molecule has 1 amide bonds. The molecule has 9 heteroatoms. The second-order valence-corrected chi connectivity index (χ2v) is 8.90. The summed E-state index contributed by atoms with van der Waals surface area (Å²) in [5.41, 5.74) is 2.44. The van der Waals surface area contributed by atoms with Crippen LogP contribution in [-0.2, 0) is 14.3 Å². The van der Waals surface area contributed by atoms with Crippen LogP contribution in [0, 0.1) is 0 Å². The Morgan fingerprint density at radius 2 is 1.91 bits per heavy atom. The van der Waals surface area contributed by atoms with E-state index in [1.54, 1.807) is 50.2 Å². The number of hydrogen-bond acceptors (Lipinski definition) is 6. The van der Waals surface area contributed by atoms with Crippen LogP contribution in [-0.4, -0.2) is 23.1 Å². The van der Waals surface area contributed by atoms with Crippen LogP contribution in [0.1, 0.15) is 31.0 Å². The number of anilines is 1. The molecule has 1 unspecified atom stereocenters. The van der Waals surface area contributed by atoms with Gasteiger partial charge in [0.05, 0.1) is 23.5 Å². The molecule has 0 radical (unpaired) electrons. The Labute approximate surface area is 197 Å². The summed E-state index contributed by atoms with van der Waals surface area (Å²) in [5.74, 6) is -0.914. The van der Waals surface area contributed by atoms with E-state index in [2.05, 4.69) is 10.3 Å². The molecule has 1 N–H and O–H groups in total. The second-order valence-electron chi connectivity index (χ2n) is 7.52. The number of hydrogen-bond donors (Lipinski definition) is 1. The van der Waals surface area contributed by atoms with Gasteiger partial charge < -0.3 is 10.1 Å². The van der Waals surface area contributed by atoms with Gasteiger partial charge in [0.1, 0.15) is 10.6 Å². The summed E-state index contributed by atoms with van der Waals surface area (Å²) in [5, 5.41) is 3.21. The van der Waals surface area contributed by atoms with Gasteiger partial charge in [0, 0.05) is 16.3 Å². The normalized spacial score (nSPS) is 18.4. The largest absolute Gasteiger partial charge is 0.463 e. The topological polar surface area (TPSA) is 89.8 Å². The van der Waals surface area contributed by atoms with Crippen LogP contribution in [0.25, 0.3) is 5.57 Å². The van der Waals surface area contributed by atoms with Gasteiger partial charge >= 0.3 is 5.97 Å². The molecule has 7 nitrogen and oxygen atoms in total. The Morgan fingerprint density at radius 1 is 1.18 bits per heavy atom. The van der Waals surface area contributed by atoms with Crippen molar-refractivity contribution in [3.63, 3.8) is 0 Å². The molecule has 0 spiro atoms. The molecule has 2 aromatic carbocycles. The third-order valence-corrected chi connectivity index (χ3v) is 6.99. The quantitative estimate of drug-likeness (QED) is 0.585. The fraction of sp³-hybridized carbons (Fsp3) is 0.167. The minimum atomic E-state index is -0.831. The average molecular weight is 480 g/mol. The van der Waals surface area contributed by atoms with Crippen molar-refractivity contribution in [3.05, 3.63) is 95.6 Å². The molecule has 0 aliphatic carbocycles. The first-order valence-corrected chi connectivity index (χ1v) is 11.5. The second kappa shape index (κ2) is 8.13. The van der Waals surface area contributed by atoms with E-state index < -0.39 is 17.6 Å². The molecule has 5 rings (SSSR count). The first-order valence-electron chi connectivity index (χ1n) is 10.3. The maximum absolute atomic E-state index is 13.8. The van der Waals surface area contributed by atoms with E-state index in [0.717, 1.165) is 11.3 Å². The number of amides is 1. The lowest BCUT2D eigenvalue weighted by Crippen LogP contribution is -2.40. The van der Waals surface area contributed by atoms with Gasteiger partial charge in [0.2, 0.25) is 0 Å². The van der Waals surface area contributed by atoms with Crippen LogP contribution in [0.4, 0.5) is 5.69 Å². The summed E-state index contributed by atoms with van der Waals surface area (Å²) in [6, 6.07) is 13.4. The highest BCUT2D eigenvalue weighted by molar-refractivity contribution is 7.07. The van der Waals surface area contributed by atoms with Gasteiger partial charge in [0.25, 0.3) is 11.5 Å². The minimum Gasteiger partial charge on any atom is -0.463 e. The first kappa shape index (κ1) is 21.4. The number of nitrogens with one attached hydrogen (secondary N) is 1. The van der Waals surface area contributed by atoms with Gasteiger partial charge in [-0.3, -0.25) is 14.2 Å². The van der Waals surface area contributed by atoms with Crippen LogP contribution in [0.3, 0.4) is 0 Å². The Balaban J connectivity index is 1.85. The molecule has 0 saturated heterocycles. The van der Waals surface area contributed by atoms with Gasteiger partial charge in [-0.25, -0.2) is 9.79 Å². The summed E-state index contributed by atoms with van der Waals surface area (Å²) in [4.78, 5) is 44.4. The fourth-order valence-corrected chi connectivity index (χ4v) is 5.56. The van der Waals surface area contributed by atoms with Gasteiger partial charge in [-0.2, -0.15) is 0 Å². The molecule has 1 atom stereocenters. The highest BCUT2D eigenvalue weighted by Crippen LogP contribution is 2.35. The molecule has 166 valence electrons. The maximum atomic E-state index is 13.8. The number of thiazole rings is 1. The summed E-state index contributed by atoms with van der Waals surface area (Å²) < 4.78 is 6.98. The van der Waals surface area contributed by atoms with E-state index in [0.29, 0.717) is 37.9 Å². The van der Waals surface area contributed by atoms with E-state index in [4.69, 9.17) is 16.3 Å². The van der Waals surface area contributed by atoms with Crippen molar-refractivity contribution in [2.24, 2.45) is 4.99 Å². The van der Waals surface area contributed by atoms with Gasteiger partial charge in [0.15, 0.2) is 4.80 Å². The number of allylic oxidation sites excluding steroid dienone is 1. The molecule has 0 saturated carbocycles. The number of para-hydroxylation sites is 1. The van der Waals surface area contributed by atoms with E-state index in [1.165, 1.54) is 4.57 Å². The third kappa shape index (κ3) is 3.34. The van der Waals surface area contributed by atoms with Crippen LogP contribution < -0.4 is 20.2 Å². The van der Waals surface area contributed by atoms with Gasteiger partial charge in [-0.15, -0.1) is 0 Å². The molecule has 2 aliphatic rings. The predicted molar refractivity (Wildman–Crippen MR) is 126 cm³/mol. The zero-order chi connectivity index (χ0) is 23.3. The lowest BCUT2D eigenvalue weighted by Gasteiger charge is -2.25. The molecule has 1 aromatic heterocycles. The van der Waals surface area contributed by atoms with E-state index >= 15 is 0 Å². The van der Waals surface area contributed by atoms with E-state index in [9.17, 15) is 14.4 Å². The summed E-state index contributed by atoms with van der Waals surface area (Å²) in [7, 11) is 0. The number of rotatable bonds is 3. The summed E-state index contributed by atoms with van der Waals surface area (Å²) >= 11 is 7.63. The van der Waals surface area contributed by atoms with Gasteiger partial charge in [-0.1, -0.05) is 59.3 Å². The highest BCUT2D eigenvalue weighted by Gasteiger charge is 2.35. The number of carbonyl (C=O) groups is 2. The van der Waals surface area contributed by atoms with Crippen molar-refractivity contribution in [3.8, 4) is 0 Å². The zero-order valence-electron chi connectivity index (χ0n) is 17.7. The minimum absolute atomic E-state index is 0.177. The number of benzene rings is 2. The molecular weight excluding hydrogens is 462 g/mol. The Kier molecular flexibility index (Phi) is 5.26. The molecule has 0 fully saturated rings. The lowest BCUT2D eigenvalue weighted by atomic mass is 9.96. The number of halogens is 1. The first-order chi connectivity index (χ1) is 15.9. The Bertz CT molecular complexity index is 1550.